The van der Waals surface area contributed by atoms with Crippen LogP contribution in [0.25, 0.3) is 0 Å². The first-order valence-electron chi connectivity index (χ1n) is 4.33. The Hall–Kier alpha value is -0.370. The SMILES string of the molecule is CCCC(=O)CCCN(C)C. The Morgan fingerprint density at radius 1 is 1.27 bits per heavy atom. The number of ketones is 1. The minimum atomic E-state index is 0.411. The summed E-state index contributed by atoms with van der Waals surface area (Å²) in [6, 6.07) is 0. The van der Waals surface area contributed by atoms with Gasteiger partial charge in [-0.25, -0.2) is 0 Å². The topological polar surface area (TPSA) is 20.3 Å². The standard InChI is InChI=1S/C9H19NO/c1-4-6-9(11)7-5-8-10(2)3/h4-8H2,1-3H3. The van der Waals surface area contributed by atoms with Gasteiger partial charge >= 0.3 is 0 Å². The summed E-state index contributed by atoms with van der Waals surface area (Å²) in [6.07, 6.45) is 3.51. The minimum Gasteiger partial charge on any atom is -0.309 e. The Balaban J connectivity index is 3.17. The fourth-order valence-electron chi connectivity index (χ4n) is 0.996. The van der Waals surface area contributed by atoms with E-state index in [9.17, 15) is 4.79 Å². The van der Waals surface area contributed by atoms with Crippen molar-refractivity contribution in [2.45, 2.75) is 32.6 Å². The molecule has 0 heterocycles. The molecule has 0 amide bonds. The Morgan fingerprint density at radius 2 is 1.91 bits per heavy atom. The quantitative estimate of drug-likeness (QED) is 0.585. The summed E-state index contributed by atoms with van der Waals surface area (Å²) in [7, 11) is 4.06. The van der Waals surface area contributed by atoms with Crippen LogP contribution in [-0.2, 0) is 4.79 Å². The first-order chi connectivity index (χ1) is 5.16. The van der Waals surface area contributed by atoms with Gasteiger partial charge in [-0.15, -0.1) is 0 Å². The Bertz CT molecular complexity index is 110. The molecule has 11 heavy (non-hydrogen) atoms. The molecule has 0 radical (unpaired) electrons. The molecule has 0 fully saturated rings. The van der Waals surface area contributed by atoms with Gasteiger partial charge in [0.15, 0.2) is 0 Å². The van der Waals surface area contributed by atoms with E-state index in [1.54, 1.807) is 0 Å². The monoisotopic (exact) mass is 157 g/mol. The molecule has 0 rings (SSSR count). The molecule has 0 unspecified atom stereocenters. The molecule has 0 aromatic carbocycles. The highest BCUT2D eigenvalue weighted by atomic mass is 16.1. The summed E-state index contributed by atoms with van der Waals surface area (Å²) in [6.45, 7) is 3.07. The largest absolute Gasteiger partial charge is 0.309 e. The summed E-state index contributed by atoms with van der Waals surface area (Å²) >= 11 is 0. The zero-order chi connectivity index (χ0) is 8.69. The number of Topliss-reactive ketones (excluding diaryl/α,β-unsaturated/α-hetero) is 1. The van der Waals surface area contributed by atoms with Crippen LogP contribution in [0.5, 0.6) is 0 Å². The van der Waals surface area contributed by atoms with Gasteiger partial charge in [0.2, 0.25) is 0 Å². The molecular formula is C9H19NO. The molecule has 0 saturated heterocycles. The maximum absolute atomic E-state index is 11.0. The zero-order valence-electron chi connectivity index (χ0n) is 7.89. The van der Waals surface area contributed by atoms with Gasteiger partial charge in [-0.05, 0) is 33.5 Å². The molecule has 0 aliphatic rings. The fourth-order valence-corrected chi connectivity index (χ4v) is 0.996. The van der Waals surface area contributed by atoms with Crippen LogP contribution in [0.4, 0.5) is 0 Å². The predicted octanol–water partition coefficient (Wildman–Crippen LogP) is 1.70. The van der Waals surface area contributed by atoms with Gasteiger partial charge in [0.25, 0.3) is 0 Å². The van der Waals surface area contributed by atoms with Crippen LogP contribution in [0.15, 0.2) is 0 Å². The molecule has 0 spiro atoms. The van der Waals surface area contributed by atoms with Gasteiger partial charge in [0, 0.05) is 12.8 Å². The van der Waals surface area contributed by atoms with Crippen molar-refractivity contribution in [1.82, 2.24) is 4.90 Å². The third kappa shape index (κ3) is 7.53. The van der Waals surface area contributed by atoms with Crippen molar-refractivity contribution in [2.75, 3.05) is 20.6 Å². The van der Waals surface area contributed by atoms with E-state index >= 15 is 0 Å². The van der Waals surface area contributed by atoms with Gasteiger partial charge < -0.3 is 4.90 Å². The molecular weight excluding hydrogens is 138 g/mol. The van der Waals surface area contributed by atoms with Crippen molar-refractivity contribution < 1.29 is 4.79 Å². The number of hydrogen-bond donors (Lipinski definition) is 0. The van der Waals surface area contributed by atoms with E-state index in [1.165, 1.54) is 0 Å². The molecule has 0 saturated carbocycles. The molecule has 66 valence electrons. The van der Waals surface area contributed by atoms with Crippen LogP contribution in [0.1, 0.15) is 32.6 Å². The molecule has 2 nitrogen and oxygen atoms in total. The second-order valence-electron chi connectivity index (χ2n) is 3.20. The summed E-state index contributed by atoms with van der Waals surface area (Å²) in [5.41, 5.74) is 0. The number of rotatable bonds is 6. The summed E-state index contributed by atoms with van der Waals surface area (Å²) in [5, 5.41) is 0. The Labute approximate surface area is 69.6 Å². The highest BCUT2D eigenvalue weighted by Crippen LogP contribution is 1.98. The maximum atomic E-state index is 11.0. The molecule has 0 aliphatic heterocycles. The van der Waals surface area contributed by atoms with Crippen LogP contribution in [0.2, 0.25) is 0 Å². The van der Waals surface area contributed by atoms with Crippen LogP contribution >= 0.6 is 0 Å². The number of carbonyl (C=O) groups excluding carboxylic acids is 1. The van der Waals surface area contributed by atoms with Crippen molar-refractivity contribution in [3.63, 3.8) is 0 Å². The Morgan fingerprint density at radius 3 is 2.36 bits per heavy atom. The number of nitrogens with zero attached hydrogens (tertiary/aromatic N) is 1. The molecule has 0 atom stereocenters. The zero-order valence-corrected chi connectivity index (χ0v) is 7.89. The van der Waals surface area contributed by atoms with Crippen LogP contribution in [0, 0.1) is 0 Å². The third-order valence-electron chi connectivity index (χ3n) is 1.59. The Kier molecular flexibility index (Phi) is 6.13. The number of hydrogen-bond acceptors (Lipinski definition) is 2. The second-order valence-corrected chi connectivity index (χ2v) is 3.20. The van der Waals surface area contributed by atoms with E-state index in [1.807, 2.05) is 21.0 Å². The average Bonchev–Trinajstić information content (AvgIpc) is 1.87. The average molecular weight is 157 g/mol. The molecule has 0 N–H and O–H groups in total. The van der Waals surface area contributed by atoms with Gasteiger partial charge in [-0.2, -0.15) is 0 Å². The van der Waals surface area contributed by atoms with Crippen molar-refractivity contribution >= 4 is 5.78 Å². The summed E-state index contributed by atoms with van der Waals surface area (Å²) in [4.78, 5) is 13.1. The summed E-state index contributed by atoms with van der Waals surface area (Å²) < 4.78 is 0. The molecule has 0 aromatic rings. The molecule has 0 bridgehead atoms. The van der Waals surface area contributed by atoms with Crippen molar-refractivity contribution in [1.29, 1.82) is 0 Å². The number of carbonyl (C=O) groups is 1. The highest BCUT2D eigenvalue weighted by molar-refractivity contribution is 5.78. The maximum Gasteiger partial charge on any atom is 0.132 e. The lowest BCUT2D eigenvalue weighted by molar-refractivity contribution is -0.119. The highest BCUT2D eigenvalue weighted by Gasteiger charge is 1.99. The lowest BCUT2D eigenvalue weighted by atomic mass is 10.1. The predicted molar refractivity (Wildman–Crippen MR) is 47.7 cm³/mol. The smallest absolute Gasteiger partial charge is 0.132 e. The third-order valence-corrected chi connectivity index (χ3v) is 1.59. The van der Waals surface area contributed by atoms with Gasteiger partial charge in [-0.3, -0.25) is 4.79 Å². The molecule has 0 aromatic heterocycles. The normalized spacial score (nSPS) is 10.5. The fraction of sp³-hybridized carbons (Fsp3) is 0.889. The molecule has 2 heteroatoms. The van der Waals surface area contributed by atoms with Gasteiger partial charge in [-0.1, -0.05) is 6.92 Å². The van der Waals surface area contributed by atoms with Gasteiger partial charge in [0.05, 0.1) is 0 Å². The lowest BCUT2D eigenvalue weighted by Crippen LogP contribution is -2.14. The first-order valence-corrected chi connectivity index (χ1v) is 4.33. The van der Waals surface area contributed by atoms with Crippen LogP contribution < -0.4 is 0 Å². The van der Waals surface area contributed by atoms with E-state index in [0.29, 0.717) is 5.78 Å². The second kappa shape index (κ2) is 6.35. The van der Waals surface area contributed by atoms with Crippen molar-refractivity contribution in [3.8, 4) is 0 Å². The van der Waals surface area contributed by atoms with Gasteiger partial charge in [0.1, 0.15) is 5.78 Å². The van der Waals surface area contributed by atoms with E-state index in [-0.39, 0.29) is 0 Å². The van der Waals surface area contributed by atoms with E-state index in [0.717, 1.165) is 32.2 Å². The van der Waals surface area contributed by atoms with Crippen molar-refractivity contribution in [3.05, 3.63) is 0 Å². The van der Waals surface area contributed by atoms with E-state index < -0.39 is 0 Å². The van der Waals surface area contributed by atoms with Crippen LogP contribution in [-0.4, -0.2) is 31.3 Å². The van der Waals surface area contributed by atoms with Crippen LogP contribution in [0.3, 0.4) is 0 Å². The minimum absolute atomic E-state index is 0.411. The van der Waals surface area contributed by atoms with E-state index in [4.69, 9.17) is 0 Å². The summed E-state index contributed by atoms with van der Waals surface area (Å²) in [5.74, 6) is 0.411. The van der Waals surface area contributed by atoms with E-state index in [2.05, 4.69) is 4.90 Å². The lowest BCUT2D eigenvalue weighted by Gasteiger charge is -2.07. The molecule has 0 aliphatic carbocycles. The first kappa shape index (κ1) is 10.6. The van der Waals surface area contributed by atoms with Crippen molar-refractivity contribution in [2.24, 2.45) is 0 Å².